The van der Waals surface area contributed by atoms with Gasteiger partial charge in [-0.1, -0.05) is 0 Å². The number of fused-ring (bicyclic) bond motifs is 1. The van der Waals surface area contributed by atoms with Gasteiger partial charge in [0.25, 0.3) is 17.8 Å². The number of aliphatic imine (C=N–C) groups is 1. The van der Waals surface area contributed by atoms with E-state index in [1.165, 1.54) is 22.5 Å². The van der Waals surface area contributed by atoms with Gasteiger partial charge in [-0.15, -0.1) is 0 Å². The van der Waals surface area contributed by atoms with E-state index in [4.69, 9.17) is 14.5 Å². The number of methoxy groups -OCH3 is 1. The van der Waals surface area contributed by atoms with Crippen LogP contribution in [-0.4, -0.2) is 123 Å². The van der Waals surface area contributed by atoms with Gasteiger partial charge in [-0.2, -0.15) is 0 Å². The van der Waals surface area contributed by atoms with Gasteiger partial charge in [0.05, 0.1) is 13.7 Å². The standard InChI is InChI=1S/C23H33N6O4/c1-5-33-15-14-29-19(24-21-20(29)22(30)26(3)23(31)25(21)2)16-27-10-12-28(13-11-27)17-6-8-18(32-4)9-7-17/h6-9,20H,5,10-16H2,1-4H3/q+1. The van der Waals surface area contributed by atoms with Crippen molar-refractivity contribution in [2.75, 3.05) is 78.6 Å². The fourth-order valence-corrected chi connectivity index (χ4v) is 4.50. The van der Waals surface area contributed by atoms with Crippen LogP contribution in [0.1, 0.15) is 6.92 Å². The van der Waals surface area contributed by atoms with E-state index in [2.05, 4.69) is 21.9 Å². The molecular weight excluding hydrogens is 424 g/mol. The Morgan fingerprint density at radius 2 is 1.76 bits per heavy atom. The molecule has 3 heterocycles. The molecule has 178 valence electrons. The van der Waals surface area contributed by atoms with Crippen molar-refractivity contribution in [3.63, 3.8) is 0 Å². The summed E-state index contributed by atoms with van der Waals surface area (Å²) in [6.45, 7) is 7.80. The highest BCUT2D eigenvalue weighted by Gasteiger charge is 2.53. The lowest BCUT2D eigenvalue weighted by Crippen LogP contribution is -2.61. The molecule has 3 aliphatic heterocycles. The summed E-state index contributed by atoms with van der Waals surface area (Å²) < 4.78 is 12.8. The highest BCUT2D eigenvalue weighted by Crippen LogP contribution is 2.22. The third-order valence-electron chi connectivity index (χ3n) is 6.47. The Balaban J connectivity index is 1.47. The lowest BCUT2D eigenvalue weighted by Gasteiger charge is -2.35. The molecule has 10 nitrogen and oxygen atoms in total. The molecule has 0 N–H and O–H groups in total. The van der Waals surface area contributed by atoms with E-state index in [-0.39, 0.29) is 11.9 Å². The maximum Gasteiger partial charge on any atom is 0.333 e. The van der Waals surface area contributed by atoms with E-state index in [9.17, 15) is 9.59 Å². The van der Waals surface area contributed by atoms with Gasteiger partial charge in [-0.3, -0.25) is 19.5 Å². The van der Waals surface area contributed by atoms with E-state index >= 15 is 0 Å². The fraction of sp³-hybridized carbons (Fsp3) is 0.565. The molecule has 0 spiro atoms. The number of ether oxygens (including phenoxy) is 2. The molecule has 0 aliphatic carbocycles. The van der Waals surface area contributed by atoms with E-state index in [0.29, 0.717) is 32.1 Å². The fourth-order valence-electron chi connectivity index (χ4n) is 4.50. The number of amidine groups is 2. The first kappa shape index (κ1) is 23.2. The third kappa shape index (κ3) is 4.58. The number of piperazine rings is 1. The summed E-state index contributed by atoms with van der Waals surface area (Å²) in [7, 11) is 4.87. The second-order valence-corrected chi connectivity index (χ2v) is 8.38. The predicted molar refractivity (Wildman–Crippen MR) is 125 cm³/mol. The summed E-state index contributed by atoms with van der Waals surface area (Å²) >= 11 is 0. The van der Waals surface area contributed by atoms with Gasteiger partial charge in [-0.05, 0) is 36.2 Å². The summed E-state index contributed by atoms with van der Waals surface area (Å²) in [5, 5.41) is 0. The zero-order valence-corrected chi connectivity index (χ0v) is 19.9. The zero-order valence-electron chi connectivity index (χ0n) is 19.9. The average Bonchev–Trinajstić information content (AvgIpc) is 3.20. The van der Waals surface area contributed by atoms with Crippen molar-refractivity contribution in [3.8, 4) is 5.75 Å². The number of amides is 3. The molecule has 3 amide bonds. The summed E-state index contributed by atoms with van der Waals surface area (Å²) in [6, 6.07) is 7.21. The normalized spacial score (nSPS) is 21.6. The van der Waals surface area contributed by atoms with Gasteiger partial charge >= 0.3 is 11.9 Å². The van der Waals surface area contributed by atoms with Crippen molar-refractivity contribution in [1.82, 2.24) is 14.7 Å². The molecule has 0 bridgehead atoms. The predicted octanol–water partition coefficient (Wildman–Crippen LogP) is 0.569. The highest BCUT2D eigenvalue weighted by molar-refractivity contribution is 6.23. The first-order valence-electron chi connectivity index (χ1n) is 11.4. The topological polar surface area (TPSA) is 80.9 Å². The Kier molecular flexibility index (Phi) is 6.94. The monoisotopic (exact) mass is 457 g/mol. The minimum atomic E-state index is -0.575. The van der Waals surface area contributed by atoms with E-state index in [1.807, 2.05) is 23.6 Å². The molecule has 2 fully saturated rings. The summed E-state index contributed by atoms with van der Waals surface area (Å²) in [5.41, 5.74) is 1.18. The van der Waals surface area contributed by atoms with Crippen LogP contribution in [0.25, 0.3) is 0 Å². The first-order valence-corrected chi connectivity index (χ1v) is 11.4. The average molecular weight is 458 g/mol. The SMILES string of the molecule is CCOCC[N+]1=C(CN2CCN(c3ccc(OC)cc3)CC2)N=C2C1C(=O)N(C)C(=O)N2C. The van der Waals surface area contributed by atoms with Crippen LogP contribution in [0.3, 0.4) is 0 Å². The van der Waals surface area contributed by atoms with Crippen molar-refractivity contribution < 1.29 is 23.6 Å². The molecule has 1 aromatic rings. The molecule has 1 aromatic carbocycles. The summed E-state index contributed by atoms with van der Waals surface area (Å²) in [6.07, 6.45) is 0. The Morgan fingerprint density at radius 3 is 2.39 bits per heavy atom. The molecule has 0 saturated carbocycles. The number of carbonyl (C=O) groups excluding carboxylic acids is 2. The van der Waals surface area contributed by atoms with Crippen LogP contribution >= 0.6 is 0 Å². The molecular formula is C23H33N6O4+. The second-order valence-electron chi connectivity index (χ2n) is 8.38. The number of benzene rings is 1. The lowest BCUT2D eigenvalue weighted by molar-refractivity contribution is -0.539. The van der Waals surface area contributed by atoms with Crippen molar-refractivity contribution in [2.24, 2.45) is 4.99 Å². The Hall–Kier alpha value is -2.98. The molecule has 10 heteroatoms. The van der Waals surface area contributed by atoms with Gasteiger partial charge in [0.15, 0.2) is 0 Å². The van der Waals surface area contributed by atoms with Gasteiger partial charge in [-0.25, -0.2) is 9.37 Å². The van der Waals surface area contributed by atoms with E-state index in [1.54, 1.807) is 14.2 Å². The van der Waals surface area contributed by atoms with Crippen LogP contribution < -0.4 is 9.64 Å². The van der Waals surface area contributed by atoms with Crippen molar-refractivity contribution in [3.05, 3.63) is 24.3 Å². The molecule has 2 saturated heterocycles. The van der Waals surface area contributed by atoms with Crippen LogP contribution in [0.15, 0.2) is 29.3 Å². The summed E-state index contributed by atoms with van der Waals surface area (Å²) in [4.78, 5) is 37.5. The number of nitrogens with zero attached hydrogens (tertiary/aromatic N) is 6. The quantitative estimate of drug-likeness (QED) is 0.420. The Labute approximate surface area is 194 Å². The second kappa shape index (κ2) is 9.88. The van der Waals surface area contributed by atoms with Crippen LogP contribution in [0, 0.1) is 0 Å². The maximum atomic E-state index is 13.0. The van der Waals surface area contributed by atoms with Crippen LogP contribution in [0.4, 0.5) is 10.5 Å². The van der Waals surface area contributed by atoms with Crippen molar-refractivity contribution >= 4 is 29.3 Å². The minimum Gasteiger partial charge on any atom is -0.497 e. The molecule has 1 unspecified atom stereocenters. The Morgan fingerprint density at radius 1 is 1.06 bits per heavy atom. The molecule has 0 radical (unpaired) electrons. The smallest absolute Gasteiger partial charge is 0.333 e. The molecule has 3 aliphatic rings. The number of likely N-dealkylation sites (N-methyl/N-ethyl adjacent to an activating group) is 2. The van der Waals surface area contributed by atoms with Crippen LogP contribution in [-0.2, 0) is 9.53 Å². The van der Waals surface area contributed by atoms with Crippen LogP contribution in [0.2, 0.25) is 0 Å². The molecule has 0 aromatic heterocycles. The minimum absolute atomic E-state index is 0.243. The molecule has 1 atom stereocenters. The highest BCUT2D eigenvalue weighted by atomic mass is 16.5. The number of rotatable bonds is 8. The number of hydrogen-bond donors (Lipinski definition) is 0. The zero-order chi connectivity index (χ0) is 23.5. The van der Waals surface area contributed by atoms with Crippen LogP contribution in [0.5, 0.6) is 5.75 Å². The van der Waals surface area contributed by atoms with E-state index in [0.717, 1.165) is 37.8 Å². The molecule has 33 heavy (non-hydrogen) atoms. The van der Waals surface area contributed by atoms with Gasteiger partial charge in [0.2, 0.25) is 0 Å². The lowest BCUT2D eigenvalue weighted by atomic mass is 10.1. The van der Waals surface area contributed by atoms with Gasteiger partial charge in [0.1, 0.15) is 18.8 Å². The number of hydrogen-bond acceptors (Lipinski definition) is 7. The largest absolute Gasteiger partial charge is 0.497 e. The van der Waals surface area contributed by atoms with Crippen molar-refractivity contribution in [1.29, 1.82) is 0 Å². The third-order valence-corrected chi connectivity index (χ3v) is 6.47. The Bertz CT molecular complexity index is 952. The van der Waals surface area contributed by atoms with Gasteiger partial charge in [0, 0.05) is 52.6 Å². The maximum absolute atomic E-state index is 13.0. The number of imide groups is 1. The van der Waals surface area contributed by atoms with Gasteiger partial charge < -0.3 is 14.4 Å². The molecule has 4 rings (SSSR count). The first-order chi connectivity index (χ1) is 15.9. The van der Waals surface area contributed by atoms with Crippen molar-refractivity contribution in [2.45, 2.75) is 13.0 Å². The number of anilines is 1. The number of urea groups is 1. The number of carbonyl (C=O) groups is 2. The summed E-state index contributed by atoms with van der Waals surface area (Å²) in [5.74, 6) is 1.93. The van der Waals surface area contributed by atoms with E-state index < -0.39 is 6.04 Å².